The van der Waals surface area contributed by atoms with Crippen molar-refractivity contribution in [3.05, 3.63) is 75.2 Å². The highest BCUT2D eigenvalue weighted by molar-refractivity contribution is 6.86. The Morgan fingerprint density at radius 1 is 0.963 bits per heavy atom. The van der Waals surface area contributed by atoms with Crippen molar-refractivity contribution in [1.82, 2.24) is 0 Å². The number of aryl methyl sites for hydroxylation is 1. The summed E-state index contributed by atoms with van der Waals surface area (Å²) in [6.45, 7) is 16.6. The fraction of sp³-hybridized carbons (Fsp3) is 0.360. The summed E-state index contributed by atoms with van der Waals surface area (Å²) < 4.78 is 5.82. The van der Waals surface area contributed by atoms with Crippen LogP contribution in [0.3, 0.4) is 0 Å². The lowest BCUT2D eigenvalue weighted by Gasteiger charge is -2.35. The van der Waals surface area contributed by atoms with Gasteiger partial charge in [-0.1, -0.05) is 66.7 Å². The number of allylic oxidation sites excluding steroid dienone is 5. The normalized spacial score (nSPS) is 22.2. The molecule has 0 N–H and O–H groups in total. The summed E-state index contributed by atoms with van der Waals surface area (Å²) in [5.41, 5.74) is 10.4. The largest absolute Gasteiger partial charge is 0.464 e. The molecule has 2 aromatic rings. The minimum atomic E-state index is -1.70. The monoisotopic (exact) mass is 374 g/mol. The maximum Gasteiger partial charge on any atom is 0.137 e. The van der Waals surface area contributed by atoms with Gasteiger partial charge < -0.3 is 4.42 Å². The second-order valence-electron chi connectivity index (χ2n) is 8.87. The number of rotatable bonds is 3. The average Bonchev–Trinajstić information content (AvgIpc) is 3.30. The SMILES string of the molecule is CC1=C(C)C(C)C([Si](C)(C)C2C=Cc3c(-c4occc4C)cccc32)=C1C. The van der Waals surface area contributed by atoms with Crippen LogP contribution in [0.15, 0.2) is 62.9 Å². The van der Waals surface area contributed by atoms with Gasteiger partial charge in [0.15, 0.2) is 0 Å². The van der Waals surface area contributed by atoms with Crippen LogP contribution in [-0.4, -0.2) is 8.07 Å². The van der Waals surface area contributed by atoms with E-state index in [1.54, 1.807) is 22.6 Å². The van der Waals surface area contributed by atoms with Crippen LogP contribution in [0.1, 0.15) is 49.9 Å². The molecule has 4 rings (SSSR count). The van der Waals surface area contributed by atoms with E-state index in [9.17, 15) is 0 Å². The molecule has 0 saturated heterocycles. The maximum absolute atomic E-state index is 5.82. The molecule has 1 nitrogen and oxygen atoms in total. The molecular formula is C25H30OSi. The first-order valence-electron chi connectivity index (χ1n) is 9.99. The van der Waals surface area contributed by atoms with E-state index in [1.807, 2.05) is 0 Å². The first-order valence-corrected chi connectivity index (χ1v) is 13.1. The van der Waals surface area contributed by atoms with Crippen molar-refractivity contribution in [3.8, 4) is 11.3 Å². The lowest BCUT2D eigenvalue weighted by atomic mass is 10.00. The van der Waals surface area contributed by atoms with Gasteiger partial charge in [-0.15, -0.1) is 0 Å². The Hall–Kier alpha value is -2.06. The van der Waals surface area contributed by atoms with E-state index < -0.39 is 8.07 Å². The summed E-state index contributed by atoms with van der Waals surface area (Å²) in [5, 5.41) is 1.74. The van der Waals surface area contributed by atoms with Crippen molar-refractivity contribution >= 4 is 14.1 Å². The molecule has 2 atom stereocenters. The summed E-state index contributed by atoms with van der Waals surface area (Å²) in [7, 11) is -1.70. The third kappa shape index (κ3) is 2.57. The van der Waals surface area contributed by atoms with Crippen molar-refractivity contribution in [3.63, 3.8) is 0 Å². The van der Waals surface area contributed by atoms with Gasteiger partial charge in [-0.25, -0.2) is 0 Å². The van der Waals surface area contributed by atoms with Crippen LogP contribution in [0.25, 0.3) is 17.4 Å². The first kappa shape index (κ1) is 18.3. The Bertz CT molecular complexity index is 1010. The molecule has 1 heterocycles. The van der Waals surface area contributed by atoms with Gasteiger partial charge in [-0.05, 0) is 61.9 Å². The number of benzene rings is 1. The molecule has 0 radical (unpaired) electrons. The molecule has 2 unspecified atom stereocenters. The van der Waals surface area contributed by atoms with E-state index >= 15 is 0 Å². The molecule has 0 saturated carbocycles. The molecule has 2 aliphatic rings. The second-order valence-corrected chi connectivity index (χ2v) is 13.5. The molecule has 0 fully saturated rings. The van der Waals surface area contributed by atoms with Crippen LogP contribution in [0.5, 0.6) is 0 Å². The highest BCUT2D eigenvalue weighted by Crippen LogP contribution is 2.49. The van der Waals surface area contributed by atoms with Crippen molar-refractivity contribution < 1.29 is 4.42 Å². The van der Waals surface area contributed by atoms with E-state index in [2.05, 4.69) is 84.1 Å². The van der Waals surface area contributed by atoms with Crippen molar-refractivity contribution in [2.24, 2.45) is 5.92 Å². The number of hydrogen-bond donors (Lipinski definition) is 0. The van der Waals surface area contributed by atoms with Gasteiger partial charge in [-0.2, -0.15) is 0 Å². The minimum absolute atomic E-state index is 0.522. The van der Waals surface area contributed by atoms with Crippen molar-refractivity contribution in [2.45, 2.75) is 53.3 Å². The second kappa shape index (κ2) is 6.24. The number of furan rings is 1. The fourth-order valence-corrected chi connectivity index (χ4v) is 9.81. The number of fused-ring (bicyclic) bond motifs is 1. The van der Waals surface area contributed by atoms with Crippen molar-refractivity contribution in [2.75, 3.05) is 0 Å². The van der Waals surface area contributed by atoms with Gasteiger partial charge in [0, 0.05) is 11.1 Å². The van der Waals surface area contributed by atoms with Gasteiger partial charge in [0.1, 0.15) is 5.76 Å². The zero-order valence-corrected chi connectivity index (χ0v) is 18.6. The van der Waals surface area contributed by atoms with E-state index in [0.717, 1.165) is 5.76 Å². The molecule has 1 aromatic heterocycles. The van der Waals surface area contributed by atoms with E-state index in [-0.39, 0.29) is 0 Å². The topological polar surface area (TPSA) is 13.1 Å². The van der Waals surface area contributed by atoms with Gasteiger partial charge in [0.05, 0.1) is 14.3 Å². The maximum atomic E-state index is 5.82. The molecule has 0 amide bonds. The molecule has 0 spiro atoms. The van der Waals surface area contributed by atoms with Crippen LogP contribution >= 0.6 is 0 Å². The highest BCUT2D eigenvalue weighted by atomic mass is 28.3. The van der Waals surface area contributed by atoms with Crippen LogP contribution in [0.2, 0.25) is 13.1 Å². The predicted octanol–water partition coefficient (Wildman–Crippen LogP) is 7.45. The molecule has 27 heavy (non-hydrogen) atoms. The van der Waals surface area contributed by atoms with Gasteiger partial charge in [0.2, 0.25) is 0 Å². The minimum Gasteiger partial charge on any atom is -0.464 e. The van der Waals surface area contributed by atoms with Crippen LogP contribution < -0.4 is 0 Å². The Morgan fingerprint density at radius 2 is 1.70 bits per heavy atom. The third-order valence-electron chi connectivity index (χ3n) is 7.15. The summed E-state index contributed by atoms with van der Waals surface area (Å²) in [6, 6.07) is 8.79. The molecule has 2 aliphatic carbocycles. The lowest BCUT2D eigenvalue weighted by Crippen LogP contribution is -2.39. The first-order chi connectivity index (χ1) is 12.7. The quantitative estimate of drug-likeness (QED) is 0.508. The van der Waals surface area contributed by atoms with Crippen molar-refractivity contribution in [1.29, 1.82) is 0 Å². The van der Waals surface area contributed by atoms with Crippen LogP contribution in [0.4, 0.5) is 0 Å². The van der Waals surface area contributed by atoms with Crippen LogP contribution in [-0.2, 0) is 0 Å². The van der Waals surface area contributed by atoms with Gasteiger partial charge >= 0.3 is 0 Å². The van der Waals surface area contributed by atoms with E-state index in [4.69, 9.17) is 4.42 Å². The molecule has 2 heteroatoms. The molecule has 1 aromatic carbocycles. The smallest absolute Gasteiger partial charge is 0.137 e. The van der Waals surface area contributed by atoms with E-state index in [0.29, 0.717) is 11.5 Å². The molecular weight excluding hydrogens is 344 g/mol. The highest BCUT2D eigenvalue weighted by Gasteiger charge is 2.43. The Labute approximate surface area is 164 Å². The standard InChI is InChI=1S/C25H30OSi/c1-15-13-14-26-24(15)22-10-8-9-21-20(22)11-12-23(21)27(6,7)25-18(4)16(2)17(3)19(25)5/h8-14,18,23H,1-7H3. The average molecular weight is 375 g/mol. The van der Waals surface area contributed by atoms with Gasteiger partial charge in [0.25, 0.3) is 0 Å². The fourth-order valence-electron chi connectivity index (χ4n) is 5.38. The summed E-state index contributed by atoms with van der Waals surface area (Å²) in [5.74, 6) is 1.59. The summed E-state index contributed by atoms with van der Waals surface area (Å²) >= 11 is 0. The summed E-state index contributed by atoms with van der Waals surface area (Å²) in [6.07, 6.45) is 6.61. The molecule has 0 bridgehead atoms. The zero-order chi connectivity index (χ0) is 19.5. The molecule has 140 valence electrons. The van der Waals surface area contributed by atoms with Gasteiger partial charge in [-0.3, -0.25) is 0 Å². The number of hydrogen-bond acceptors (Lipinski definition) is 1. The lowest BCUT2D eigenvalue weighted by molar-refractivity contribution is 0.580. The van der Waals surface area contributed by atoms with Crippen LogP contribution in [0, 0.1) is 12.8 Å². The summed E-state index contributed by atoms with van der Waals surface area (Å²) in [4.78, 5) is 0. The predicted molar refractivity (Wildman–Crippen MR) is 118 cm³/mol. The zero-order valence-electron chi connectivity index (χ0n) is 17.6. The van der Waals surface area contributed by atoms with E-state index in [1.165, 1.54) is 27.8 Å². The Balaban J connectivity index is 1.80. The molecule has 0 aliphatic heterocycles. The Kier molecular flexibility index (Phi) is 4.23. The Morgan fingerprint density at radius 3 is 2.30 bits per heavy atom. The third-order valence-corrected chi connectivity index (χ3v) is 11.4.